The van der Waals surface area contributed by atoms with Gasteiger partial charge in [-0.3, -0.25) is 0 Å². The molecule has 0 amide bonds. The van der Waals surface area contributed by atoms with Crippen LogP contribution in [0.2, 0.25) is 0 Å². The molecule has 1 atom stereocenters. The lowest BCUT2D eigenvalue weighted by molar-refractivity contribution is 0.0793. The first kappa shape index (κ1) is 14.1. The normalized spacial score (nSPS) is 28.9. The third kappa shape index (κ3) is 3.40. The predicted molar refractivity (Wildman–Crippen MR) is 82.0 cm³/mol. The van der Waals surface area contributed by atoms with E-state index in [0.29, 0.717) is 5.41 Å². The molecule has 0 aromatic heterocycles. The van der Waals surface area contributed by atoms with Crippen LogP contribution in [0.4, 0.5) is 0 Å². The second-order valence-corrected chi connectivity index (χ2v) is 6.54. The van der Waals surface area contributed by atoms with Crippen molar-refractivity contribution in [3.8, 4) is 0 Å². The van der Waals surface area contributed by atoms with Crippen molar-refractivity contribution in [3.63, 3.8) is 0 Å². The number of piperazine rings is 1. The highest BCUT2D eigenvalue weighted by molar-refractivity contribution is 5.17. The van der Waals surface area contributed by atoms with Gasteiger partial charge in [0.1, 0.15) is 0 Å². The summed E-state index contributed by atoms with van der Waals surface area (Å²) >= 11 is 0. The topological polar surface area (TPSA) is 15.7 Å². The van der Waals surface area contributed by atoms with Gasteiger partial charge in [-0.1, -0.05) is 30.3 Å². The summed E-state index contributed by atoms with van der Waals surface area (Å²) < 4.78 is 5.76. The first-order chi connectivity index (χ1) is 9.76. The van der Waals surface area contributed by atoms with E-state index < -0.39 is 0 Å². The van der Waals surface area contributed by atoms with Crippen LogP contribution < -0.4 is 0 Å². The van der Waals surface area contributed by atoms with Gasteiger partial charge in [0.25, 0.3) is 0 Å². The Kier molecular flexibility index (Phi) is 4.39. The van der Waals surface area contributed by atoms with Gasteiger partial charge in [0, 0.05) is 44.7 Å². The minimum absolute atomic E-state index is 0.331. The molecule has 2 heterocycles. The summed E-state index contributed by atoms with van der Waals surface area (Å²) in [6.45, 7) is 7.84. The fourth-order valence-electron chi connectivity index (χ4n) is 3.48. The van der Waals surface area contributed by atoms with E-state index in [-0.39, 0.29) is 0 Å². The van der Waals surface area contributed by atoms with Crippen LogP contribution in [0.3, 0.4) is 0 Å². The Hall–Kier alpha value is -0.900. The van der Waals surface area contributed by atoms with Crippen LogP contribution in [-0.4, -0.2) is 62.8 Å². The molecule has 3 rings (SSSR count). The van der Waals surface area contributed by atoms with Crippen molar-refractivity contribution in [2.24, 2.45) is 5.41 Å². The van der Waals surface area contributed by atoms with Gasteiger partial charge in [-0.25, -0.2) is 0 Å². The lowest BCUT2D eigenvalue weighted by Gasteiger charge is -2.38. The fraction of sp³-hybridized carbons (Fsp3) is 0.647. The lowest BCUT2D eigenvalue weighted by atomic mass is 9.80. The van der Waals surface area contributed by atoms with Gasteiger partial charge in [0.15, 0.2) is 0 Å². The molecule has 0 radical (unpaired) electrons. The highest BCUT2D eigenvalue weighted by atomic mass is 16.5. The van der Waals surface area contributed by atoms with E-state index in [9.17, 15) is 0 Å². The van der Waals surface area contributed by atoms with Gasteiger partial charge in [0.2, 0.25) is 0 Å². The molecule has 0 N–H and O–H groups in total. The zero-order chi connectivity index (χ0) is 13.8. The van der Waals surface area contributed by atoms with E-state index in [4.69, 9.17) is 4.74 Å². The van der Waals surface area contributed by atoms with Crippen molar-refractivity contribution >= 4 is 0 Å². The molecule has 1 aromatic carbocycles. The Labute approximate surface area is 122 Å². The smallest absolute Gasteiger partial charge is 0.0538 e. The fourth-order valence-corrected chi connectivity index (χ4v) is 3.48. The molecule has 20 heavy (non-hydrogen) atoms. The number of hydrogen-bond acceptors (Lipinski definition) is 3. The molecule has 2 saturated heterocycles. The van der Waals surface area contributed by atoms with Gasteiger partial charge >= 0.3 is 0 Å². The molecular weight excluding hydrogens is 248 g/mol. The molecule has 2 aliphatic heterocycles. The lowest BCUT2D eigenvalue weighted by Crippen LogP contribution is -2.49. The van der Waals surface area contributed by atoms with Crippen LogP contribution in [0.25, 0.3) is 0 Å². The van der Waals surface area contributed by atoms with E-state index in [1.807, 2.05) is 0 Å². The SMILES string of the molecule is CN1CCN(CC2(Cc3ccccc3)CCOC2)CC1. The monoisotopic (exact) mass is 274 g/mol. The number of rotatable bonds is 4. The van der Waals surface area contributed by atoms with Crippen molar-refractivity contribution < 1.29 is 4.74 Å². The number of ether oxygens (including phenoxy) is 1. The van der Waals surface area contributed by atoms with Crippen LogP contribution in [0.1, 0.15) is 12.0 Å². The Bertz CT molecular complexity index is 406. The summed E-state index contributed by atoms with van der Waals surface area (Å²) in [6.07, 6.45) is 2.36. The summed E-state index contributed by atoms with van der Waals surface area (Å²) in [6, 6.07) is 10.9. The Balaban J connectivity index is 1.65. The largest absolute Gasteiger partial charge is 0.381 e. The van der Waals surface area contributed by atoms with Crippen LogP contribution in [0, 0.1) is 5.41 Å². The van der Waals surface area contributed by atoms with Gasteiger partial charge in [-0.2, -0.15) is 0 Å². The molecule has 1 unspecified atom stereocenters. The number of nitrogens with zero attached hydrogens (tertiary/aromatic N) is 2. The van der Waals surface area contributed by atoms with Crippen molar-refractivity contribution in [1.82, 2.24) is 9.80 Å². The van der Waals surface area contributed by atoms with Gasteiger partial charge in [-0.05, 0) is 25.5 Å². The van der Waals surface area contributed by atoms with Crippen LogP contribution >= 0.6 is 0 Å². The third-order valence-corrected chi connectivity index (χ3v) is 4.76. The van der Waals surface area contributed by atoms with E-state index in [0.717, 1.165) is 19.6 Å². The summed E-state index contributed by atoms with van der Waals surface area (Å²) in [7, 11) is 2.22. The quantitative estimate of drug-likeness (QED) is 0.834. The number of hydrogen-bond donors (Lipinski definition) is 0. The highest BCUT2D eigenvalue weighted by Gasteiger charge is 2.37. The zero-order valence-corrected chi connectivity index (χ0v) is 12.6. The Morgan fingerprint density at radius 2 is 1.85 bits per heavy atom. The molecule has 0 spiro atoms. The van der Waals surface area contributed by atoms with Crippen molar-refractivity contribution in [2.75, 3.05) is 53.0 Å². The standard InChI is InChI=1S/C17H26N2O/c1-18-8-10-19(11-9-18)14-17(7-12-20-15-17)13-16-5-3-2-4-6-16/h2-6H,7-15H2,1H3. The Morgan fingerprint density at radius 1 is 1.10 bits per heavy atom. The second kappa shape index (κ2) is 6.25. The maximum atomic E-state index is 5.76. The first-order valence-electron chi connectivity index (χ1n) is 7.78. The van der Waals surface area contributed by atoms with E-state index in [1.54, 1.807) is 0 Å². The molecule has 2 aliphatic rings. The first-order valence-corrected chi connectivity index (χ1v) is 7.78. The van der Waals surface area contributed by atoms with Gasteiger partial charge < -0.3 is 14.5 Å². The minimum atomic E-state index is 0.331. The molecule has 0 bridgehead atoms. The van der Waals surface area contributed by atoms with Crippen LogP contribution in [0.5, 0.6) is 0 Å². The summed E-state index contributed by atoms with van der Waals surface area (Å²) in [5, 5.41) is 0. The zero-order valence-electron chi connectivity index (χ0n) is 12.6. The molecular formula is C17H26N2O. The number of benzene rings is 1. The van der Waals surface area contributed by atoms with Crippen LogP contribution in [0.15, 0.2) is 30.3 Å². The number of likely N-dealkylation sites (N-methyl/N-ethyl adjacent to an activating group) is 1. The maximum Gasteiger partial charge on any atom is 0.0538 e. The summed E-state index contributed by atoms with van der Waals surface area (Å²) in [5.41, 5.74) is 1.78. The maximum absolute atomic E-state index is 5.76. The molecule has 3 nitrogen and oxygen atoms in total. The average Bonchev–Trinajstić information content (AvgIpc) is 2.91. The third-order valence-electron chi connectivity index (χ3n) is 4.76. The molecule has 1 aromatic rings. The summed E-state index contributed by atoms with van der Waals surface area (Å²) in [4.78, 5) is 5.06. The predicted octanol–water partition coefficient (Wildman–Crippen LogP) is 1.88. The van der Waals surface area contributed by atoms with Gasteiger partial charge in [-0.15, -0.1) is 0 Å². The van der Waals surface area contributed by atoms with Gasteiger partial charge in [0.05, 0.1) is 6.61 Å². The van der Waals surface area contributed by atoms with E-state index in [1.165, 1.54) is 44.7 Å². The minimum Gasteiger partial charge on any atom is -0.381 e. The second-order valence-electron chi connectivity index (χ2n) is 6.54. The van der Waals surface area contributed by atoms with E-state index >= 15 is 0 Å². The Morgan fingerprint density at radius 3 is 2.50 bits per heavy atom. The molecule has 2 fully saturated rings. The van der Waals surface area contributed by atoms with Crippen molar-refractivity contribution in [2.45, 2.75) is 12.8 Å². The van der Waals surface area contributed by atoms with Crippen molar-refractivity contribution in [3.05, 3.63) is 35.9 Å². The molecule has 110 valence electrons. The van der Waals surface area contributed by atoms with Crippen molar-refractivity contribution in [1.29, 1.82) is 0 Å². The van der Waals surface area contributed by atoms with Crippen LogP contribution in [-0.2, 0) is 11.2 Å². The molecule has 0 saturated carbocycles. The average molecular weight is 274 g/mol. The van der Waals surface area contributed by atoms with E-state index in [2.05, 4.69) is 47.2 Å². The molecule has 0 aliphatic carbocycles. The summed E-state index contributed by atoms with van der Waals surface area (Å²) in [5.74, 6) is 0. The molecule has 3 heteroatoms. The highest BCUT2D eigenvalue weighted by Crippen LogP contribution is 2.34.